The number of carbonyl (C=O) groups excluding carboxylic acids is 2. The van der Waals surface area contributed by atoms with Gasteiger partial charge in [0.2, 0.25) is 0 Å². The maximum atomic E-state index is 11.7. The molecule has 0 bridgehead atoms. The van der Waals surface area contributed by atoms with Gasteiger partial charge in [0.25, 0.3) is 0 Å². The van der Waals surface area contributed by atoms with Crippen LogP contribution in [0.4, 0.5) is 0 Å². The summed E-state index contributed by atoms with van der Waals surface area (Å²) in [6, 6.07) is 0. The maximum absolute atomic E-state index is 11.7. The van der Waals surface area contributed by atoms with Gasteiger partial charge in [0.1, 0.15) is 12.3 Å². The molecule has 0 amide bonds. The molecule has 0 aliphatic heterocycles. The second kappa shape index (κ2) is 6.90. The molecule has 0 aromatic rings. The van der Waals surface area contributed by atoms with Crippen molar-refractivity contribution in [3.05, 3.63) is 0 Å². The van der Waals surface area contributed by atoms with E-state index >= 15 is 0 Å². The lowest BCUT2D eigenvalue weighted by molar-refractivity contribution is -0.862. The third-order valence-corrected chi connectivity index (χ3v) is 2.44. The molecule has 0 aromatic carbocycles. The average Bonchev–Trinajstić information content (AvgIpc) is 1.95. The van der Waals surface area contributed by atoms with Crippen molar-refractivity contribution in [2.75, 3.05) is 27.7 Å². The minimum absolute atomic E-state index is 0.181. The predicted octanol–water partition coefficient (Wildman–Crippen LogP) is 2.29. The molecule has 0 aliphatic carbocycles. The summed E-state index contributed by atoms with van der Waals surface area (Å²) in [5, 5.41) is 0. The van der Waals surface area contributed by atoms with Crippen molar-refractivity contribution < 1.29 is 14.1 Å². The second-order valence-electron chi connectivity index (χ2n) is 6.64. The highest BCUT2D eigenvalue weighted by Gasteiger charge is 2.18. The molecule has 0 saturated heterocycles. The Balaban J connectivity index is 3.97. The summed E-state index contributed by atoms with van der Waals surface area (Å²) in [4.78, 5) is 23.4. The molecule has 0 heterocycles. The van der Waals surface area contributed by atoms with Crippen LogP contribution in [0, 0.1) is 11.8 Å². The fourth-order valence-electron chi connectivity index (χ4n) is 1.98. The van der Waals surface area contributed by atoms with Crippen molar-refractivity contribution in [3.63, 3.8) is 0 Å². The number of hydrogen-bond donors (Lipinski definition) is 0. The minimum atomic E-state index is 0.181. The molecule has 0 fully saturated rings. The zero-order valence-corrected chi connectivity index (χ0v) is 12.2. The topological polar surface area (TPSA) is 34.1 Å². The lowest BCUT2D eigenvalue weighted by Gasteiger charge is -2.23. The van der Waals surface area contributed by atoms with Crippen molar-refractivity contribution in [2.45, 2.75) is 40.0 Å². The third kappa shape index (κ3) is 10.2. The monoisotopic (exact) mass is 242 g/mol. The summed E-state index contributed by atoms with van der Waals surface area (Å²) in [5.41, 5.74) is 0. The molecule has 3 nitrogen and oxygen atoms in total. The molecule has 0 radical (unpaired) electrons. The molecule has 0 saturated carbocycles. The Morgan fingerprint density at radius 3 is 1.76 bits per heavy atom. The maximum Gasteiger partial charge on any atom is 0.187 e. The first-order valence-corrected chi connectivity index (χ1v) is 6.44. The van der Waals surface area contributed by atoms with Gasteiger partial charge in [-0.25, -0.2) is 0 Å². The lowest BCUT2D eigenvalue weighted by atomic mass is 9.94. The van der Waals surface area contributed by atoms with Crippen molar-refractivity contribution in [2.24, 2.45) is 11.8 Å². The molecule has 100 valence electrons. The number of ketones is 2. The number of quaternary nitrogens is 1. The Kier molecular flexibility index (Phi) is 6.61. The summed E-state index contributed by atoms with van der Waals surface area (Å²) in [6.45, 7) is 6.63. The van der Waals surface area contributed by atoms with Crippen LogP contribution in [0.1, 0.15) is 40.0 Å². The van der Waals surface area contributed by atoms with E-state index in [2.05, 4.69) is 0 Å². The third-order valence-electron chi connectivity index (χ3n) is 2.44. The van der Waals surface area contributed by atoms with E-state index in [-0.39, 0.29) is 17.5 Å². The van der Waals surface area contributed by atoms with Crippen LogP contribution in [0.3, 0.4) is 0 Å². The van der Waals surface area contributed by atoms with Crippen LogP contribution in [-0.4, -0.2) is 43.7 Å². The standard InChI is InChI=1S/C14H28NO2/c1-11(2)7-13(16)8-12(3)9-14(17)10-15(4,5)6/h11-12H,7-10H2,1-6H3/q+1. The van der Waals surface area contributed by atoms with Gasteiger partial charge in [0.15, 0.2) is 5.78 Å². The van der Waals surface area contributed by atoms with Crippen molar-refractivity contribution in [1.29, 1.82) is 0 Å². The van der Waals surface area contributed by atoms with Crippen LogP contribution >= 0.6 is 0 Å². The average molecular weight is 242 g/mol. The van der Waals surface area contributed by atoms with Crippen LogP contribution < -0.4 is 0 Å². The zero-order chi connectivity index (χ0) is 13.6. The first-order chi connectivity index (χ1) is 7.60. The molecule has 0 rings (SSSR count). The van der Waals surface area contributed by atoms with Gasteiger partial charge >= 0.3 is 0 Å². The van der Waals surface area contributed by atoms with E-state index in [1.165, 1.54) is 0 Å². The van der Waals surface area contributed by atoms with Gasteiger partial charge in [-0.1, -0.05) is 20.8 Å². The summed E-state index contributed by atoms with van der Waals surface area (Å²) in [7, 11) is 6.02. The van der Waals surface area contributed by atoms with E-state index in [1.807, 2.05) is 41.9 Å². The molecule has 1 atom stereocenters. The van der Waals surface area contributed by atoms with E-state index in [0.717, 1.165) is 0 Å². The summed E-state index contributed by atoms with van der Waals surface area (Å²) in [6.07, 6.45) is 1.70. The summed E-state index contributed by atoms with van der Waals surface area (Å²) >= 11 is 0. The molecule has 0 aliphatic rings. The van der Waals surface area contributed by atoms with Crippen LogP contribution in [0.25, 0.3) is 0 Å². The Labute approximate surface area is 106 Å². The van der Waals surface area contributed by atoms with Crippen LogP contribution in [0.5, 0.6) is 0 Å². The number of likely N-dealkylation sites (N-methyl/N-ethyl adjacent to an activating group) is 1. The van der Waals surface area contributed by atoms with Gasteiger partial charge in [-0.3, -0.25) is 9.59 Å². The lowest BCUT2D eigenvalue weighted by Crippen LogP contribution is -2.39. The number of Topliss-reactive ketones (excluding diaryl/α,β-unsaturated/α-hetero) is 2. The number of rotatable bonds is 8. The largest absolute Gasteiger partial charge is 0.325 e. The van der Waals surface area contributed by atoms with Crippen LogP contribution in [0.2, 0.25) is 0 Å². The molecule has 1 unspecified atom stereocenters. The molecule has 17 heavy (non-hydrogen) atoms. The number of hydrogen-bond acceptors (Lipinski definition) is 2. The minimum Gasteiger partial charge on any atom is -0.325 e. The van der Waals surface area contributed by atoms with Gasteiger partial charge in [0.05, 0.1) is 21.1 Å². The van der Waals surface area contributed by atoms with Crippen molar-refractivity contribution >= 4 is 11.6 Å². The highest BCUT2D eigenvalue weighted by Crippen LogP contribution is 2.13. The van der Waals surface area contributed by atoms with E-state index in [9.17, 15) is 9.59 Å². The van der Waals surface area contributed by atoms with Crippen molar-refractivity contribution in [3.8, 4) is 0 Å². The van der Waals surface area contributed by atoms with Crippen LogP contribution in [0.15, 0.2) is 0 Å². The highest BCUT2D eigenvalue weighted by atomic mass is 16.1. The second-order valence-corrected chi connectivity index (χ2v) is 6.64. The fraction of sp³-hybridized carbons (Fsp3) is 0.857. The molecule has 0 N–H and O–H groups in total. The van der Waals surface area contributed by atoms with Gasteiger partial charge in [-0.15, -0.1) is 0 Å². The first-order valence-electron chi connectivity index (χ1n) is 6.44. The van der Waals surface area contributed by atoms with Gasteiger partial charge in [0, 0.05) is 19.3 Å². The van der Waals surface area contributed by atoms with E-state index in [4.69, 9.17) is 0 Å². The molecule has 0 aromatic heterocycles. The summed E-state index contributed by atoms with van der Waals surface area (Å²) < 4.78 is 0.658. The Bertz CT molecular complexity index is 264. The quantitative estimate of drug-likeness (QED) is 0.612. The Morgan fingerprint density at radius 1 is 0.882 bits per heavy atom. The fourth-order valence-corrected chi connectivity index (χ4v) is 1.98. The smallest absolute Gasteiger partial charge is 0.187 e. The van der Waals surface area contributed by atoms with Gasteiger partial charge in [-0.05, 0) is 11.8 Å². The highest BCUT2D eigenvalue weighted by molar-refractivity contribution is 5.82. The molecule has 3 heteroatoms. The molecular weight excluding hydrogens is 214 g/mol. The normalized spacial score (nSPS) is 13.8. The van der Waals surface area contributed by atoms with Gasteiger partial charge < -0.3 is 4.48 Å². The molecular formula is C14H28NO2+. The Hall–Kier alpha value is -0.700. The Morgan fingerprint density at radius 2 is 1.35 bits per heavy atom. The van der Waals surface area contributed by atoms with Gasteiger partial charge in [-0.2, -0.15) is 0 Å². The van der Waals surface area contributed by atoms with Crippen molar-refractivity contribution in [1.82, 2.24) is 0 Å². The molecule has 0 spiro atoms. The van der Waals surface area contributed by atoms with E-state index in [0.29, 0.717) is 36.2 Å². The SMILES string of the molecule is CC(C)CC(=O)CC(C)CC(=O)C[N+](C)(C)C. The van der Waals surface area contributed by atoms with E-state index < -0.39 is 0 Å². The number of carbonyl (C=O) groups is 2. The summed E-state index contributed by atoms with van der Waals surface area (Å²) in [5.74, 6) is 1.13. The number of nitrogens with zero attached hydrogens (tertiary/aromatic N) is 1. The zero-order valence-electron chi connectivity index (χ0n) is 12.2. The first kappa shape index (κ1) is 16.3. The van der Waals surface area contributed by atoms with E-state index in [1.54, 1.807) is 0 Å². The van der Waals surface area contributed by atoms with Crippen LogP contribution in [-0.2, 0) is 9.59 Å². The predicted molar refractivity (Wildman–Crippen MR) is 70.8 cm³/mol.